The smallest absolute Gasteiger partial charge is 0.317 e. The standard InChI is InChI=1S/C19H14N4O3/c1-23-15-10-6-5-9-13(15)17(19(23)25)20-21-18(24)14-11-16(26-22-14)12-7-3-2-4-8-12/h2-11,25H,1H3. The van der Waals surface area contributed by atoms with Gasteiger partial charge in [-0.3, -0.25) is 4.79 Å². The molecule has 1 N–H and O–H groups in total. The SMILES string of the molecule is Cn1c(O)c(N=NC(=O)c2cc(-c3ccccc3)on2)c2ccccc21. The van der Waals surface area contributed by atoms with E-state index in [2.05, 4.69) is 15.4 Å². The van der Waals surface area contributed by atoms with Gasteiger partial charge in [-0.1, -0.05) is 53.7 Å². The molecular formula is C19H14N4O3. The van der Waals surface area contributed by atoms with Crippen LogP contribution in [-0.4, -0.2) is 20.7 Å². The molecule has 0 aliphatic carbocycles. The van der Waals surface area contributed by atoms with Crippen LogP contribution in [-0.2, 0) is 7.05 Å². The molecule has 128 valence electrons. The monoisotopic (exact) mass is 346 g/mol. The minimum Gasteiger partial charge on any atom is -0.493 e. The van der Waals surface area contributed by atoms with Crippen LogP contribution in [0, 0.1) is 0 Å². The summed E-state index contributed by atoms with van der Waals surface area (Å²) in [5.74, 6) is -0.242. The Morgan fingerprint density at radius 3 is 2.65 bits per heavy atom. The van der Waals surface area contributed by atoms with Crippen molar-refractivity contribution in [1.29, 1.82) is 0 Å². The Morgan fingerprint density at radius 2 is 1.85 bits per heavy atom. The molecule has 4 rings (SSSR count). The largest absolute Gasteiger partial charge is 0.493 e. The van der Waals surface area contributed by atoms with Gasteiger partial charge in [0.15, 0.2) is 17.1 Å². The molecule has 0 unspecified atom stereocenters. The second-order valence-corrected chi connectivity index (χ2v) is 5.70. The number of para-hydroxylation sites is 1. The van der Waals surface area contributed by atoms with E-state index in [1.165, 1.54) is 6.07 Å². The maximum atomic E-state index is 12.2. The van der Waals surface area contributed by atoms with Gasteiger partial charge in [0.05, 0.1) is 5.52 Å². The van der Waals surface area contributed by atoms with Crippen LogP contribution < -0.4 is 0 Å². The maximum absolute atomic E-state index is 12.2. The summed E-state index contributed by atoms with van der Waals surface area (Å²) in [6, 6.07) is 18.2. The molecule has 26 heavy (non-hydrogen) atoms. The molecule has 7 heteroatoms. The second kappa shape index (κ2) is 6.29. The fraction of sp³-hybridized carbons (Fsp3) is 0.0526. The first-order chi connectivity index (χ1) is 12.6. The summed E-state index contributed by atoms with van der Waals surface area (Å²) in [5.41, 5.74) is 1.89. The molecule has 2 heterocycles. The molecule has 0 aliphatic heterocycles. The first kappa shape index (κ1) is 15.8. The number of amides is 1. The fourth-order valence-corrected chi connectivity index (χ4v) is 2.72. The van der Waals surface area contributed by atoms with E-state index in [1.807, 2.05) is 48.5 Å². The summed E-state index contributed by atoms with van der Waals surface area (Å²) in [7, 11) is 1.71. The van der Waals surface area contributed by atoms with Crippen molar-refractivity contribution in [3.63, 3.8) is 0 Å². The van der Waals surface area contributed by atoms with E-state index in [9.17, 15) is 9.90 Å². The number of hydrogen-bond acceptors (Lipinski definition) is 5. The second-order valence-electron chi connectivity index (χ2n) is 5.70. The van der Waals surface area contributed by atoms with E-state index < -0.39 is 5.91 Å². The molecule has 0 bridgehead atoms. The minimum atomic E-state index is -0.650. The Hall–Kier alpha value is -3.74. The highest BCUT2D eigenvalue weighted by molar-refractivity contribution is 5.96. The lowest BCUT2D eigenvalue weighted by Crippen LogP contribution is -1.92. The van der Waals surface area contributed by atoms with E-state index in [0.29, 0.717) is 11.1 Å². The van der Waals surface area contributed by atoms with Crippen molar-refractivity contribution < 1.29 is 14.4 Å². The number of aromatic nitrogens is 2. The van der Waals surface area contributed by atoms with Crippen molar-refractivity contribution in [3.05, 3.63) is 66.4 Å². The number of benzene rings is 2. The number of aromatic hydroxyl groups is 1. The lowest BCUT2D eigenvalue weighted by atomic mass is 10.2. The lowest BCUT2D eigenvalue weighted by molar-refractivity contribution is 0.0986. The van der Waals surface area contributed by atoms with Crippen molar-refractivity contribution in [2.45, 2.75) is 0 Å². The van der Waals surface area contributed by atoms with Crippen LogP contribution in [0.1, 0.15) is 10.5 Å². The topological polar surface area (TPSA) is 93.0 Å². The van der Waals surface area contributed by atoms with Crippen molar-refractivity contribution >= 4 is 22.5 Å². The van der Waals surface area contributed by atoms with Gasteiger partial charge in [-0.2, -0.15) is 0 Å². The van der Waals surface area contributed by atoms with Crippen LogP contribution in [0.5, 0.6) is 5.88 Å². The number of nitrogens with zero attached hydrogens (tertiary/aromatic N) is 4. The highest BCUT2D eigenvalue weighted by Crippen LogP contribution is 2.37. The average molecular weight is 346 g/mol. The quantitative estimate of drug-likeness (QED) is 0.554. The normalized spacial score (nSPS) is 11.4. The van der Waals surface area contributed by atoms with Crippen LogP contribution in [0.4, 0.5) is 5.69 Å². The van der Waals surface area contributed by atoms with Gasteiger partial charge in [0.25, 0.3) is 0 Å². The van der Waals surface area contributed by atoms with Gasteiger partial charge in [0.2, 0.25) is 5.88 Å². The van der Waals surface area contributed by atoms with Crippen molar-refractivity contribution in [3.8, 4) is 17.2 Å². The highest BCUT2D eigenvalue weighted by atomic mass is 16.5. The molecular weight excluding hydrogens is 332 g/mol. The van der Waals surface area contributed by atoms with Gasteiger partial charge in [-0.05, 0) is 6.07 Å². The Labute approximate surface area is 148 Å². The van der Waals surface area contributed by atoms with Gasteiger partial charge in [-0.15, -0.1) is 10.2 Å². The van der Waals surface area contributed by atoms with Crippen LogP contribution >= 0.6 is 0 Å². The maximum Gasteiger partial charge on any atom is 0.317 e. The van der Waals surface area contributed by atoms with Crippen LogP contribution in [0.3, 0.4) is 0 Å². The lowest BCUT2D eigenvalue weighted by Gasteiger charge is -1.95. The minimum absolute atomic E-state index is 0.0485. The van der Waals surface area contributed by atoms with Gasteiger partial charge in [0, 0.05) is 24.1 Å². The summed E-state index contributed by atoms with van der Waals surface area (Å²) in [6.07, 6.45) is 0. The van der Waals surface area contributed by atoms with Crippen LogP contribution in [0.25, 0.3) is 22.2 Å². The predicted molar refractivity (Wildman–Crippen MR) is 95.4 cm³/mol. The highest BCUT2D eigenvalue weighted by Gasteiger charge is 2.16. The zero-order valence-corrected chi connectivity index (χ0v) is 13.8. The molecule has 1 amide bonds. The zero-order valence-electron chi connectivity index (χ0n) is 13.8. The molecule has 2 aromatic carbocycles. The zero-order chi connectivity index (χ0) is 18.1. The molecule has 0 saturated heterocycles. The van der Waals surface area contributed by atoms with Gasteiger partial charge in [0.1, 0.15) is 0 Å². The Bertz CT molecular complexity index is 1130. The van der Waals surface area contributed by atoms with Gasteiger partial charge < -0.3 is 14.2 Å². The first-order valence-electron chi connectivity index (χ1n) is 7.90. The van der Waals surface area contributed by atoms with Crippen molar-refractivity contribution in [1.82, 2.24) is 9.72 Å². The van der Waals surface area contributed by atoms with E-state index >= 15 is 0 Å². The molecule has 0 radical (unpaired) electrons. The third-order valence-corrected chi connectivity index (χ3v) is 4.08. The summed E-state index contributed by atoms with van der Waals surface area (Å²) < 4.78 is 6.78. The predicted octanol–water partition coefficient (Wildman–Crippen LogP) is 4.46. The Kier molecular flexibility index (Phi) is 3.81. The number of azo groups is 1. The summed E-state index contributed by atoms with van der Waals surface area (Å²) >= 11 is 0. The third kappa shape index (κ3) is 2.65. The van der Waals surface area contributed by atoms with Gasteiger partial charge >= 0.3 is 5.91 Å². The van der Waals surface area contributed by atoms with Crippen molar-refractivity contribution in [2.24, 2.45) is 17.3 Å². The summed E-state index contributed by atoms with van der Waals surface area (Å²) in [4.78, 5) is 12.2. The Morgan fingerprint density at radius 1 is 1.12 bits per heavy atom. The van der Waals surface area contributed by atoms with Crippen molar-refractivity contribution in [2.75, 3.05) is 0 Å². The average Bonchev–Trinajstić information content (AvgIpc) is 3.26. The molecule has 0 aliphatic rings. The number of carbonyl (C=O) groups excluding carboxylic acids is 1. The fourth-order valence-electron chi connectivity index (χ4n) is 2.72. The number of aryl methyl sites for hydroxylation is 1. The molecule has 0 saturated carbocycles. The van der Waals surface area contributed by atoms with Crippen LogP contribution in [0.2, 0.25) is 0 Å². The summed E-state index contributed by atoms with van der Waals surface area (Å²) in [6.45, 7) is 0. The molecule has 0 spiro atoms. The molecule has 0 atom stereocenters. The van der Waals surface area contributed by atoms with Gasteiger partial charge in [-0.25, -0.2) is 0 Å². The summed E-state index contributed by atoms with van der Waals surface area (Å²) in [5, 5.41) is 22.3. The van der Waals surface area contributed by atoms with E-state index in [-0.39, 0.29) is 17.3 Å². The third-order valence-electron chi connectivity index (χ3n) is 4.08. The number of fused-ring (bicyclic) bond motifs is 1. The number of rotatable bonds is 3. The van der Waals surface area contributed by atoms with E-state index in [0.717, 1.165) is 11.1 Å². The first-order valence-corrected chi connectivity index (χ1v) is 7.90. The van der Waals surface area contributed by atoms with E-state index in [1.54, 1.807) is 17.7 Å². The molecule has 2 aromatic heterocycles. The molecule has 7 nitrogen and oxygen atoms in total. The van der Waals surface area contributed by atoms with Crippen LogP contribution in [0.15, 0.2) is 75.4 Å². The number of hydrogen-bond donors (Lipinski definition) is 1. The number of carbonyl (C=O) groups is 1. The molecule has 0 fully saturated rings. The van der Waals surface area contributed by atoms with E-state index in [4.69, 9.17) is 4.52 Å². The molecule has 4 aromatic rings. The Balaban J connectivity index is 1.63.